The van der Waals surface area contributed by atoms with E-state index in [0.29, 0.717) is 19.4 Å². The molecule has 1 aliphatic heterocycles. The van der Waals surface area contributed by atoms with Crippen molar-refractivity contribution in [1.29, 1.82) is 0 Å². The maximum atomic E-state index is 13.7. The van der Waals surface area contributed by atoms with Crippen LogP contribution in [0.2, 0.25) is 0 Å². The number of amides is 1. The molecule has 2 aromatic rings. The Morgan fingerprint density at radius 2 is 1.93 bits per heavy atom. The maximum Gasteiger partial charge on any atom is 0.222 e. The second kappa shape index (κ2) is 10.5. The highest BCUT2D eigenvalue weighted by atomic mass is 19.1. The summed E-state index contributed by atoms with van der Waals surface area (Å²) in [7, 11) is 0. The lowest BCUT2D eigenvalue weighted by Gasteiger charge is -2.26. The number of rotatable bonds is 7. The van der Waals surface area contributed by atoms with Gasteiger partial charge in [-0.15, -0.1) is 0 Å². The SMILES string of the molecule is CCCCCC(=O)N1CCCN(c2nc(C)nc(C)c2Cc2cccc(F)c2)CC1. The molecule has 1 aromatic carbocycles. The average molecular weight is 413 g/mol. The second-order valence-electron chi connectivity index (χ2n) is 8.14. The number of carbonyl (C=O) groups excluding carboxylic acids is 1. The fourth-order valence-corrected chi connectivity index (χ4v) is 4.10. The molecule has 0 unspecified atom stereocenters. The fraction of sp³-hybridized carbons (Fsp3) is 0.542. The van der Waals surface area contributed by atoms with Crippen LogP contribution in [0.3, 0.4) is 0 Å². The van der Waals surface area contributed by atoms with E-state index >= 15 is 0 Å². The number of unbranched alkanes of at least 4 members (excludes halogenated alkanes) is 2. The van der Waals surface area contributed by atoms with Crippen molar-refractivity contribution in [3.63, 3.8) is 0 Å². The lowest BCUT2D eigenvalue weighted by molar-refractivity contribution is -0.131. The number of hydrogen-bond acceptors (Lipinski definition) is 4. The number of halogens is 1. The summed E-state index contributed by atoms with van der Waals surface area (Å²) in [6, 6.07) is 6.71. The fourth-order valence-electron chi connectivity index (χ4n) is 4.10. The number of nitrogens with zero attached hydrogens (tertiary/aromatic N) is 4. The average Bonchev–Trinajstić information content (AvgIpc) is 2.96. The number of anilines is 1. The van der Waals surface area contributed by atoms with Crippen molar-refractivity contribution in [3.8, 4) is 0 Å². The van der Waals surface area contributed by atoms with Crippen LogP contribution in [0.15, 0.2) is 24.3 Å². The van der Waals surface area contributed by atoms with E-state index in [1.807, 2.05) is 24.8 Å². The summed E-state index contributed by atoms with van der Waals surface area (Å²) in [5, 5.41) is 0. The maximum absolute atomic E-state index is 13.7. The lowest BCUT2D eigenvalue weighted by Crippen LogP contribution is -2.35. The summed E-state index contributed by atoms with van der Waals surface area (Å²) in [5.41, 5.74) is 2.88. The Morgan fingerprint density at radius 1 is 1.10 bits per heavy atom. The quantitative estimate of drug-likeness (QED) is 0.631. The monoisotopic (exact) mass is 412 g/mol. The summed E-state index contributed by atoms with van der Waals surface area (Å²) < 4.78 is 13.7. The van der Waals surface area contributed by atoms with Crippen LogP contribution in [0.5, 0.6) is 0 Å². The molecule has 2 heterocycles. The number of aromatic nitrogens is 2. The molecule has 6 heteroatoms. The van der Waals surface area contributed by atoms with Gasteiger partial charge < -0.3 is 9.80 Å². The van der Waals surface area contributed by atoms with Gasteiger partial charge in [-0.3, -0.25) is 4.79 Å². The van der Waals surface area contributed by atoms with E-state index in [-0.39, 0.29) is 11.7 Å². The Balaban J connectivity index is 1.77. The van der Waals surface area contributed by atoms with E-state index in [2.05, 4.69) is 16.8 Å². The molecule has 0 radical (unpaired) electrons. The van der Waals surface area contributed by atoms with Crippen molar-refractivity contribution in [3.05, 3.63) is 52.7 Å². The van der Waals surface area contributed by atoms with Gasteiger partial charge >= 0.3 is 0 Å². The van der Waals surface area contributed by atoms with Crippen LogP contribution < -0.4 is 4.90 Å². The molecule has 1 aromatic heterocycles. The van der Waals surface area contributed by atoms with E-state index in [0.717, 1.165) is 73.8 Å². The molecule has 5 nitrogen and oxygen atoms in total. The molecule has 1 aliphatic rings. The number of carbonyl (C=O) groups is 1. The van der Waals surface area contributed by atoms with Gasteiger partial charge in [0.1, 0.15) is 17.5 Å². The van der Waals surface area contributed by atoms with Crippen molar-refractivity contribution in [1.82, 2.24) is 14.9 Å². The van der Waals surface area contributed by atoms with Crippen molar-refractivity contribution in [2.24, 2.45) is 0 Å². The Hall–Kier alpha value is -2.50. The van der Waals surface area contributed by atoms with Gasteiger partial charge in [0.05, 0.1) is 0 Å². The van der Waals surface area contributed by atoms with E-state index in [1.54, 1.807) is 12.1 Å². The normalized spacial score (nSPS) is 14.7. The molecule has 1 fully saturated rings. The van der Waals surface area contributed by atoms with Gasteiger partial charge in [0.25, 0.3) is 0 Å². The van der Waals surface area contributed by atoms with Gasteiger partial charge in [-0.05, 0) is 44.4 Å². The first-order valence-corrected chi connectivity index (χ1v) is 11.1. The first kappa shape index (κ1) is 22.2. The van der Waals surface area contributed by atoms with Crippen molar-refractivity contribution in [2.45, 2.75) is 59.3 Å². The molecule has 0 bridgehead atoms. The second-order valence-corrected chi connectivity index (χ2v) is 8.14. The molecular weight excluding hydrogens is 379 g/mol. The van der Waals surface area contributed by atoms with E-state index in [1.165, 1.54) is 6.07 Å². The number of aryl methyl sites for hydroxylation is 2. The molecule has 0 atom stereocenters. The van der Waals surface area contributed by atoms with E-state index in [4.69, 9.17) is 4.98 Å². The molecule has 30 heavy (non-hydrogen) atoms. The van der Waals surface area contributed by atoms with Crippen LogP contribution >= 0.6 is 0 Å². The van der Waals surface area contributed by atoms with Crippen LogP contribution in [-0.2, 0) is 11.2 Å². The van der Waals surface area contributed by atoms with Crippen LogP contribution in [0.1, 0.15) is 61.7 Å². The van der Waals surface area contributed by atoms with Gasteiger partial charge in [0.2, 0.25) is 5.91 Å². The number of hydrogen-bond donors (Lipinski definition) is 0. The zero-order valence-corrected chi connectivity index (χ0v) is 18.5. The minimum Gasteiger partial charge on any atom is -0.354 e. The van der Waals surface area contributed by atoms with E-state index < -0.39 is 0 Å². The molecule has 3 rings (SSSR count). The highest BCUT2D eigenvalue weighted by Gasteiger charge is 2.23. The molecule has 0 N–H and O–H groups in total. The van der Waals surface area contributed by atoms with Gasteiger partial charge in [0.15, 0.2) is 0 Å². The smallest absolute Gasteiger partial charge is 0.222 e. The molecule has 0 spiro atoms. The minimum absolute atomic E-state index is 0.230. The summed E-state index contributed by atoms with van der Waals surface area (Å²) in [6.07, 6.45) is 5.36. The van der Waals surface area contributed by atoms with Crippen molar-refractivity contribution in [2.75, 3.05) is 31.1 Å². The predicted octanol–water partition coefficient (Wildman–Crippen LogP) is 4.44. The molecular formula is C24H33FN4O. The van der Waals surface area contributed by atoms with Gasteiger partial charge in [-0.25, -0.2) is 14.4 Å². The van der Waals surface area contributed by atoms with Crippen LogP contribution in [-0.4, -0.2) is 47.0 Å². The van der Waals surface area contributed by atoms with Crippen molar-refractivity contribution < 1.29 is 9.18 Å². The first-order valence-electron chi connectivity index (χ1n) is 11.1. The predicted molar refractivity (Wildman–Crippen MR) is 118 cm³/mol. The van der Waals surface area contributed by atoms with Crippen molar-refractivity contribution >= 4 is 11.7 Å². The molecule has 1 saturated heterocycles. The minimum atomic E-state index is -0.230. The highest BCUT2D eigenvalue weighted by molar-refractivity contribution is 5.76. The third kappa shape index (κ3) is 5.77. The zero-order chi connectivity index (χ0) is 21.5. The first-order chi connectivity index (χ1) is 14.5. The molecule has 162 valence electrons. The standard InChI is InChI=1S/C24H33FN4O/c1-4-5-6-11-23(30)28-12-8-13-29(15-14-28)24-22(18(2)26-19(3)27-24)17-20-9-7-10-21(25)16-20/h7,9-10,16H,4-6,8,11-15,17H2,1-3H3. The van der Waals surface area contributed by atoms with Crippen LogP contribution in [0.25, 0.3) is 0 Å². The Kier molecular flexibility index (Phi) is 7.77. The van der Waals surface area contributed by atoms with Gasteiger partial charge in [0, 0.05) is 50.3 Å². The topological polar surface area (TPSA) is 49.3 Å². The zero-order valence-electron chi connectivity index (χ0n) is 18.5. The lowest BCUT2D eigenvalue weighted by atomic mass is 10.0. The van der Waals surface area contributed by atoms with Crippen LogP contribution in [0.4, 0.5) is 10.2 Å². The Bertz CT molecular complexity index is 870. The third-order valence-corrected chi connectivity index (χ3v) is 5.72. The summed E-state index contributed by atoms with van der Waals surface area (Å²) >= 11 is 0. The summed E-state index contributed by atoms with van der Waals surface area (Å²) in [5.74, 6) is 1.69. The third-order valence-electron chi connectivity index (χ3n) is 5.72. The largest absolute Gasteiger partial charge is 0.354 e. The molecule has 0 saturated carbocycles. The Morgan fingerprint density at radius 3 is 2.70 bits per heavy atom. The number of benzene rings is 1. The summed E-state index contributed by atoms with van der Waals surface area (Å²) in [4.78, 5) is 26.2. The van der Waals surface area contributed by atoms with E-state index in [9.17, 15) is 9.18 Å². The van der Waals surface area contributed by atoms with Crippen LogP contribution in [0, 0.1) is 19.7 Å². The molecule has 1 amide bonds. The highest BCUT2D eigenvalue weighted by Crippen LogP contribution is 2.25. The van der Waals surface area contributed by atoms with Gasteiger partial charge in [-0.1, -0.05) is 31.9 Å². The summed E-state index contributed by atoms with van der Waals surface area (Å²) in [6.45, 7) is 9.17. The van der Waals surface area contributed by atoms with Gasteiger partial charge in [-0.2, -0.15) is 0 Å². The molecule has 0 aliphatic carbocycles. The Labute approximate surface area is 179 Å².